The number of rotatable bonds is 9. The van der Waals surface area contributed by atoms with Crippen LogP contribution in [0.4, 0.5) is 8.78 Å². The van der Waals surface area contributed by atoms with Crippen LogP contribution in [0.25, 0.3) is 11.1 Å². The van der Waals surface area contributed by atoms with Crippen LogP contribution < -0.4 is 10.5 Å². The van der Waals surface area contributed by atoms with Gasteiger partial charge in [-0.1, -0.05) is 6.07 Å². The average molecular weight is 486 g/mol. The first-order chi connectivity index (χ1) is 16.8. The third-order valence-electron chi connectivity index (χ3n) is 6.39. The standard InChI is InChI=1S/C25H29F2N5O3/c1-15-3-4-17(11-29-15)20-12-32(18-5-7-19(8-6-18)34-14-23(26)27)16(2)21(20)13-35-24-10-9-22(25(28)33)30-31-24/h3-4,9-12,18-19,23H,5-8,13-14H2,1-2H3,(H2,28,33). The van der Waals surface area contributed by atoms with E-state index in [1.165, 1.54) is 6.07 Å². The molecule has 0 aromatic carbocycles. The van der Waals surface area contributed by atoms with E-state index in [0.29, 0.717) is 0 Å². The topological polar surface area (TPSA) is 105 Å². The van der Waals surface area contributed by atoms with E-state index in [-0.39, 0.29) is 30.3 Å². The zero-order chi connectivity index (χ0) is 24.9. The Morgan fingerprint density at radius 3 is 2.51 bits per heavy atom. The fraction of sp³-hybridized carbons (Fsp3) is 0.440. The molecule has 0 aliphatic heterocycles. The largest absolute Gasteiger partial charge is 0.472 e. The molecule has 1 aliphatic rings. The van der Waals surface area contributed by atoms with Gasteiger partial charge in [-0.05, 0) is 51.7 Å². The molecule has 1 fully saturated rings. The zero-order valence-electron chi connectivity index (χ0n) is 19.8. The number of aryl methyl sites for hydroxylation is 1. The second-order valence-corrected chi connectivity index (χ2v) is 8.77. The predicted octanol–water partition coefficient (Wildman–Crippen LogP) is 4.40. The SMILES string of the molecule is Cc1ccc(-c2cn(C3CCC(OCC(F)F)CC3)c(C)c2COc2ccc(C(N)=O)nn2)cn1. The first-order valence-corrected chi connectivity index (χ1v) is 11.6. The molecule has 0 radical (unpaired) electrons. The minimum atomic E-state index is -2.44. The summed E-state index contributed by atoms with van der Waals surface area (Å²) in [6.45, 7) is 3.73. The quantitative estimate of drug-likeness (QED) is 0.482. The molecule has 1 saturated carbocycles. The van der Waals surface area contributed by atoms with E-state index < -0.39 is 18.9 Å². The number of hydrogen-bond donors (Lipinski definition) is 1. The van der Waals surface area contributed by atoms with Gasteiger partial charge in [0.25, 0.3) is 12.3 Å². The Morgan fingerprint density at radius 1 is 1.14 bits per heavy atom. The lowest BCUT2D eigenvalue weighted by atomic mass is 9.92. The van der Waals surface area contributed by atoms with E-state index in [1.807, 2.05) is 32.2 Å². The molecule has 8 nitrogen and oxygen atoms in total. The number of pyridine rings is 1. The molecule has 3 heterocycles. The minimum absolute atomic E-state index is 0.0687. The van der Waals surface area contributed by atoms with Crippen molar-refractivity contribution in [2.75, 3.05) is 6.61 Å². The lowest BCUT2D eigenvalue weighted by Gasteiger charge is -2.30. The highest BCUT2D eigenvalue weighted by Gasteiger charge is 2.26. The van der Waals surface area contributed by atoms with E-state index >= 15 is 0 Å². The van der Waals surface area contributed by atoms with Gasteiger partial charge >= 0.3 is 0 Å². The third-order valence-corrected chi connectivity index (χ3v) is 6.39. The molecular weight excluding hydrogens is 456 g/mol. The molecule has 0 atom stereocenters. The summed E-state index contributed by atoms with van der Waals surface area (Å²) in [5, 5.41) is 7.73. The molecule has 1 amide bonds. The van der Waals surface area contributed by atoms with Crippen molar-refractivity contribution in [2.24, 2.45) is 5.73 Å². The van der Waals surface area contributed by atoms with Gasteiger partial charge in [0.1, 0.15) is 13.2 Å². The number of halogens is 2. The zero-order valence-corrected chi connectivity index (χ0v) is 19.8. The second-order valence-electron chi connectivity index (χ2n) is 8.77. The van der Waals surface area contributed by atoms with Gasteiger partial charge in [-0.3, -0.25) is 9.78 Å². The smallest absolute Gasteiger partial charge is 0.269 e. The number of nitrogens with two attached hydrogens (primary N) is 1. The van der Waals surface area contributed by atoms with Crippen molar-refractivity contribution >= 4 is 5.91 Å². The molecule has 3 aromatic heterocycles. The normalized spacial score (nSPS) is 18.1. The maximum absolute atomic E-state index is 12.5. The second kappa shape index (κ2) is 10.9. The van der Waals surface area contributed by atoms with Crippen LogP contribution >= 0.6 is 0 Å². The van der Waals surface area contributed by atoms with Gasteiger partial charge in [-0.15, -0.1) is 10.2 Å². The van der Waals surface area contributed by atoms with Crippen LogP contribution in [0.3, 0.4) is 0 Å². The fourth-order valence-electron chi connectivity index (χ4n) is 4.48. The first kappa shape index (κ1) is 24.7. The summed E-state index contributed by atoms with van der Waals surface area (Å²) in [6, 6.07) is 7.27. The Bertz CT molecular complexity index is 1140. The predicted molar refractivity (Wildman–Crippen MR) is 125 cm³/mol. The maximum atomic E-state index is 12.5. The van der Waals surface area contributed by atoms with Gasteiger partial charge in [0, 0.05) is 52.6 Å². The minimum Gasteiger partial charge on any atom is -0.472 e. The summed E-state index contributed by atoms with van der Waals surface area (Å²) in [6.07, 6.45) is 4.56. The van der Waals surface area contributed by atoms with Crippen LogP contribution in [-0.4, -0.2) is 44.8 Å². The molecule has 3 aromatic rings. The third kappa shape index (κ3) is 6.00. The number of carbonyl (C=O) groups excluding carboxylic acids is 1. The van der Waals surface area contributed by atoms with E-state index in [1.54, 1.807) is 6.07 Å². The van der Waals surface area contributed by atoms with E-state index in [2.05, 4.69) is 25.9 Å². The molecule has 1 aliphatic carbocycles. The average Bonchev–Trinajstić information content (AvgIpc) is 3.18. The summed E-state index contributed by atoms with van der Waals surface area (Å²) in [5.41, 5.74) is 10.2. The molecule has 0 unspecified atom stereocenters. The van der Waals surface area contributed by atoms with Crippen LogP contribution in [0.5, 0.6) is 5.88 Å². The van der Waals surface area contributed by atoms with Crippen LogP contribution in [-0.2, 0) is 11.3 Å². The Kier molecular flexibility index (Phi) is 7.70. The number of ether oxygens (including phenoxy) is 2. The monoisotopic (exact) mass is 485 g/mol. The Hall–Kier alpha value is -3.40. The van der Waals surface area contributed by atoms with Crippen LogP contribution in [0, 0.1) is 13.8 Å². The van der Waals surface area contributed by atoms with Crippen molar-refractivity contribution in [3.8, 4) is 17.0 Å². The number of carbonyl (C=O) groups is 1. The van der Waals surface area contributed by atoms with Crippen LogP contribution in [0.15, 0.2) is 36.7 Å². The van der Waals surface area contributed by atoms with E-state index in [0.717, 1.165) is 53.8 Å². The van der Waals surface area contributed by atoms with Crippen molar-refractivity contribution in [2.45, 2.75) is 64.7 Å². The Morgan fingerprint density at radius 2 is 1.91 bits per heavy atom. The highest BCUT2D eigenvalue weighted by atomic mass is 19.3. The van der Waals surface area contributed by atoms with Crippen molar-refractivity contribution in [3.63, 3.8) is 0 Å². The molecule has 186 valence electrons. The summed E-state index contributed by atoms with van der Waals surface area (Å²) >= 11 is 0. The number of amides is 1. The van der Waals surface area contributed by atoms with Crippen molar-refractivity contribution in [3.05, 3.63) is 59.3 Å². The molecule has 0 spiro atoms. The van der Waals surface area contributed by atoms with E-state index in [9.17, 15) is 13.6 Å². The lowest BCUT2D eigenvalue weighted by Crippen LogP contribution is -2.25. The summed E-state index contributed by atoms with van der Waals surface area (Å²) in [7, 11) is 0. The number of hydrogen-bond acceptors (Lipinski definition) is 6. The number of nitrogens with zero attached hydrogens (tertiary/aromatic N) is 4. The van der Waals surface area contributed by atoms with Gasteiger partial charge < -0.3 is 19.8 Å². The number of alkyl halides is 2. The van der Waals surface area contributed by atoms with Gasteiger partial charge in [-0.2, -0.15) is 0 Å². The van der Waals surface area contributed by atoms with Crippen LogP contribution in [0.1, 0.15) is 59.2 Å². The number of primary amides is 1. The van der Waals surface area contributed by atoms with E-state index in [4.69, 9.17) is 15.2 Å². The van der Waals surface area contributed by atoms with Crippen molar-refractivity contribution in [1.82, 2.24) is 19.7 Å². The highest BCUT2D eigenvalue weighted by molar-refractivity contribution is 5.90. The molecule has 4 rings (SSSR count). The highest BCUT2D eigenvalue weighted by Crippen LogP contribution is 2.36. The van der Waals surface area contributed by atoms with Gasteiger partial charge in [-0.25, -0.2) is 8.78 Å². The van der Waals surface area contributed by atoms with Crippen molar-refractivity contribution < 1.29 is 23.0 Å². The summed E-state index contributed by atoms with van der Waals surface area (Å²) in [4.78, 5) is 15.7. The van der Waals surface area contributed by atoms with Gasteiger partial charge in [0.2, 0.25) is 5.88 Å². The molecule has 2 N–H and O–H groups in total. The van der Waals surface area contributed by atoms with Crippen molar-refractivity contribution in [1.29, 1.82) is 0 Å². The van der Waals surface area contributed by atoms with Crippen LogP contribution in [0.2, 0.25) is 0 Å². The van der Waals surface area contributed by atoms with Gasteiger partial charge in [0.05, 0.1) is 6.10 Å². The molecule has 10 heteroatoms. The number of aromatic nitrogens is 4. The Balaban J connectivity index is 1.55. The summed E-state index contributed by atoms with van der Waals surface area (Å²) in [5.74, 6) is -0.368. The summed E-state index contributed by atoms with van der Waals surface area (Å²) < 4.78 is 38.5. The first-order valence-electron chi connectivity index (χ1n) is 11.6. The molecule has 35 heavy (non-hydrogen) atoms. The molecular formula is C25H29F2N5O3. The molecule has 0 bridgehead atoms. The molecule has 0 saturated heterocycles. The maximum Gasteiger partial charge on any atom is 0.269 e. The Labute approximate surface area is 202 Å². The van der Waals surface area contributed by atoms with Gasteiger partial charge in [0.15, 0.2) is 5.69 Å². The fourth-order valence-corrected chi connectivity index (χ4v) is 4.48. The lowest BCUT2D eigenvalue weighted by molar-refractivity contribution is -0.0408.